The van der Waals surface area contributed by atoms with Crippen molar-refractivity contribution >= 4 is 5.69 Å². The molecule has 0 amide bonds. The van der Waals surface area contributed by atoms with Crippen LogP contribution in [0.4, 0.5) is 5.69 Å². The average molecular weight is 220 g/mol. The van der Waals surface area contributed by atoms with E-state index >= 15 is 0 Å². The van der Waals surface area contributed by atoms with Crippen LogP contribution in [0.5, 0.6) is 0 Å². The minimum Gasteiger partial charge on any atom is -0.381 e. The van der Waals surface area contributed by atoms with Crippen molar-refractivity contribution in [2.45, 2.75) is 58.4 Å². The number of anilines is 1. The number of rotatable bonds is 8. The van der Waals surface area contributed by atoms with Crippen LogP contribution in [-0.4, -0.2) is 11.0 Å². The lowest BCUT2D eigenvalue weighted by Gasteiger charge is -2.14. The molecule has 0 fully saturated rings. The predicted molar refractivity (Wildman–Crippen MR) is 70.7 cm³/mol. The van der Waals surface area contributed by atoms with Gasteiger partial charge in [0.25, 0.3) is 0 Å². The summed E-state index contributed by atoms with van der Waals surface area (Å²) in [5, 5.41) is 3.47. The Morgan fingerprint density at radius 3 is 2.75 bits per heavy atom. The van der Waals surface area contributed by atoms with E-state index in [9.17, 15) is 0 Å². The van der Waals surface area contributed by atoms with Crippen LogP contribution >= 0.6 is 0 Å². The fraction of sp³-hybridized carbons (Fsp3) is 0.643. The summed E-state index contributed by atoms with van der Waals surface area (Å²) in [5.74, 6) is 0. The summed E-state index contributed by atoms with van der Waals surface area (Å²) in [6.07, 6.45) is 11.7. The molecule has 1 aromatic heterocycles. The van der Waals surface area contributed by atoms with Gasteiger partial charge in [-0.25, -0.2) is 0 Å². The number of nitrogens with zero attached hydrogens (tertiary/aromatic N) is 1. The first-order valence-electron chi connectivity index (χ1n) is 6.49. The van der Waals surface area contributed by atoms with Crippen molar-refractivity contribution in [2.75, 3.05) is 5.32 Å². The van der Waals surface area contributed by atoms with E-state index in [2.05, 4.69) is 30.2 Å². The lowest BCUT2D eigenvalue weighted by atomic mass is 10.1. The van der Waals surface area contributed by atoms with Crippen LogP contribution in [0, 0.1) is 0 Å². The van der Waals surface area contributed by atoms with Crippen LogP contribution in [-0.2, 0) is 0 Å². The minimum absolute atomic E-state index is 0.547. The Kier molecular flexibility index (Phi) is 6.62. The van der Waals surface area contributed by atoms with Crippen molar-refractivity contribution in [3.63, 3.8) is 0 Å². The number of unbranched alkanes of at least 4 members (excludes halogenated alkanes) is 4. The van der Waals surface area contributed by atoms with Crippen molar-refractivity contribution in [3.05, 3.63) is 24.5 Å². The van der Waals surface area contributed by atoms with Crippen molar-refractivity contribution in [1.29, 1.82) is 0 Å². The highest BCUT2D eigenvalue weighted by atomic mass is 14.9. The lowest BCUT2D eigenvalue weighted by molar-refractivity contribution is 0.578. The summed E-state index contributed by atoms with van der Waals surface area (Å²) in [5.41, 5.74) is 1.13. The molecule has 0 spiro atoms. The summed E-state index contributed by atoms with van der Waals surface area (Å²) in [6, 6.07) is 4.59. The second-order valence-electron chi connectivity index (χ2n) is 4.49. The molecule has 0 saturated carbocycles. The van der Waals surface area contributed by atoms with E-state index in [4.69, 9.17) is 0 Å². The highest BCUT2D eigenvalue weighted by molar-refractivity contribution is 5.40. The molecular weight excluding hydrogens is 196 g/mol. The zero-order chi connectivity index (χ0) is 11.6. The molecule has 90 valence electrons. The third-order valence-electron chi connectivity index (χ3n) is 2.82. The Morgan fingerprint density at radius 2 is 2.06 bits per heavy atom. The van der Waals surface area contributed by atoms with Crippen LogP contribution in [0.1, 0.15) is 52.4 Å². The first-order valence-corrected chi connectivity index (χ1v) is 6.49. The Morgan fingerprint density at radius 1 is 1.25 bits per heavy atom. The van der Waals surface area contributed by atoms with E-state index in [1.54, 1.807) is 6.20 Å². The standard InChI is InChI=1S/C14H24N2/c1-3-4-5-6-7-9-13(2)16-14-10-8-11-15-12-14/h8,10-13,16H,3-7,9H2,1-2H3. The minimum atomic E-state index is 0.547. The number of hydrogen-bond donors (Lipinski definition) is 1. The van der Waals surface area contributed by atoms with E-state index < -0.39 is 0 Å². The summed E-state index contributed by atoms with van der Waals surface area (Å²) in [7, 11) is 0. The van der Waals surface area contributed by atoms with Gasteiger partial charge in [0, 0.05) is 18.4 Å². The molecule has 1 aromatic rings. The highest BCUT2D eigenvalue weighted by Gasteiger charge is 2.01. The van der Waals surface area contributed by atoms with Gasteiger partial charge in [0.05, 0.1) is 5.69 Å². The summed E-state index contributed by atoms with van der Waals surface area (Å²) in [4.78, 5) is 4.10. The molecule has 0 aliphatic rings. The van der Waals surface area contributed by atoms with Gasteiger partial charge >= 0.3 is 0 Å². The predicted octanol–water partition coefficient (Wildman–Crippen LogP) is 4.24. The molecule has 0 aliphatic heterocycles. The Hall–Kier alpha value is -1.05. The molecule has 0 aromatic carbocycles. The van der Waals surface area contributed by atoms with E-state index in [-0.39, 0.29) is 0 Å². The monoisotopic (exact) mass is 220 g/mol. The quantitative estimate of drug-likeness (QED) is 0.663. The van der Waals surface area contributed by atoms with E-state index in [1.165, 1.54) is 38.5 Å². The number of hydrogen-bond acceptors (Lipinski definition) is 2. The largest absolute Gasteiger partial charge is 0.381 e. The molecule has 1 unspecified atom stereocenters. The Labute approximate surface area is 99.5 Å². The average Bonchev–Trinajstić information content (AvgIpc) is 2.30. The van der Waals surface area contributed by atoms with Crippen molar-refractivity contribution in [3.8, 4) is 0 Å². The van der Waals surface area contributed by atoms with Crippen molar-refractivity contribution < 1.29 is 0 Å². The van der Waals surface area contributed by atoms with Gasteiger partial charge in [-0.3, -0.25) is 4.98 Å². The maximum absolute atomic E-state index is 4.10. The SMILES string of the molecule is CCCCCCCC(C)Nc1cccnc1. The van der Waals surface area contributed by atoms with Gasteiger partial charge in [-0.15, -0.1) is 0 Å². The van der Waals surface area contributed by atoms with Gasteiger partial charge in [0.15, 0.2) is 0 Å². The normalized spacial score (nSPS) is 12.4. The molecule has 0 bridgehead atoms. The van der Waals surface area contributed by atoms with E-state index in [0.717, 1.165) is 5.69 Å². The van der Waals surface area contributed by atoms with Crippen LogP contribution in [0.25, 0.3) is 0 Å². The number of pyridine rings is 1. The summed E-state index contributed by atoms with van der Waals surface area (Å²) in [6.45, 7) is 4.50. The first kappa shape index (κ1) is 13.0. The number of nitrogens with one attached hydrogen (secondary N) is 1. The maximum atomic E-state index is 4.10. The molecule has 0 saturated heterocycles. The second kappa shape index (κ2) is 8.14. The Bertz CT molecular complexity index is 259. The van der Waals surface area contributed by atoms with Gasteiger partial charge in [-0.2, -0.15) is 0 Å². The summed E-state index contributed by atoms with van der Waals surface area (Å²) >= 11 is 0. The molecular formula is C14H24N2. The third-order valence-corrected chi connectivity index (χ3v) is 2.82. The summed E-state index contributed by atoms with van der Waals surface area (Å²) < 4.78 is 0. The zero-order valence-electron chi connectivity index (χ0n) is 10.6. The lowest BCUT2D eigenvalue weighted by Crippen LogP contribution is -2.14. The van der Waals surface area contributed by atoms with E-state index in [1.807, 2.05) is 12.3 Å². The van der Waals surface area contributed by atoms with Crippen LogP contribution in [0.3, 0.4) is 0 Å². The van der Waals surface area contributed by atoms with Gasteiger partial charge in [-0.05, 0) is 25.5 Å². The van der Waals surface area contributed by atoms with Crippen LogP contribution < -0.4 is 5.32 Å². The van der Waals surface area contributed by atoms with Gasteiger partial charge in [0.2, 0.25) is 0 Å². The van der Waals surface area contributed by atoms with E-state index in [0.29, 0.717) is 6.04 Å². The molecule has 0 aliphatic carbocycles. The first-order chi connectivity index (χ1) is 7.83. The molecule has 2 heteroatoms. The molecule has 1 atom stereocenters. The van der Waals surface area contributed by atoms with Gasteiger partial charge in [-0.1, -0.05) is 39.0 Å². The fourth-order valence-corrected chi connectivity index (χ4v) is 1.86. The number of aromatic nitrogens is 1. The second-order valence-corrected chi connectivity index (χ2v) is 4.49. The fourth-order valence-electron chi connectivity index (χ4n) is 1.86. The molecule has 1 rings (SSSR count). The van der Waals surface area contributed by atoms with Crippen LogP contribution in [0.15, 0.2) is 24.5 Å². The van der Waals surface area contributed by atoms with Crippen molar-refractivity contribution in [2.24, 2.45) is 0 Å². The Balaban J connectivity index is 2.09. The molecule has 1 N–H and O–H groups in total. The molecule has 2 nitrogen and oxygen atoms in total. The smallest absolute Gasteiger partial charge is 0.0528 e. The molecule has 16 heavy (non-hydrogen) atoms. The topological polar surface area (TPSA) is 24.9 Å². The molecule has 0 radical (unpaired) electrons. The van der Waals surface area contributed by atoms with Crippen molar-refractivity contribution in [1.82, 2.24) is 4.98 Å². The van der Waals surface area contributed by atoms with Crippen LogP contribution in [0.2, 0.25) is 0 Å². The maximum Gasteiger partial charge on any atom is 0.0528 e. The highest BCUT2D eigenvalue weighted by Crippen LogP contribution is 2.11. The van der Waals surface area contributed by atoms with Gasteiger partial charge < -0.3 is 5.32 Å². The van der Waals surface area contributed by atoms with Gasteiger partial charge in [0.1, 0.15) is 0 Å². The molecule has 1 heterocycles. The zero-order valence-corrected chi connectivity index (χ0v) is 10.6. The third kappa shape index (κ3) is 5.74.